The molecule has 110 valence electrons. The van der Waals surface area contributed by atoms with Gasteiger partial charge < -0.3 is 9.84 Å². The van der Waals surface area contributed by atoms with Crippen LogP contribution in [0, 0.1) is 0 Å². The van der Waals surface area contributed by atoms with E-state index in [2.05, 4.69) is 0 Å². The second-order valence-corrected chi connectivity index (χ2v) is 6.63. The molecule has 1 fully saturated rings. The average Bonchev–Trinajstić information content (AvgIpc) is 2.47. The molecule has 0 unspecified atom stereocenters. The van der Waals surface area contributed by atoms with Gasteiger partial charge in [-0.1, -0.05) is 12.1 Å². The fraction of sp³-hybridized carbons (Fsp3) is 0.462. The summed E-state index contributed by atoms with van der Waals surface area (Å²) in [4.78, 5) is 11.0. The minimum Gasteiger partial charge on any atom is -0.478 e. The van der Waals surface area contributed by atoms with E-state index in [1.165, 1.54) is 35.6 Å². The Bertz CT molecular complexity index is 593. The number of aromatic carboxylic acids is 1. The summed E-state index contributed by atoms with van der Waals surface area (Å²) >= 11 is 0. The monoisotopic (exact) mass is 299 g/mol. The summed E-state index contributed by atoms with van der Waals surface area (Å²) in [6, 6.07) is 5.51. The van der Waals surface area contributed by atoms with Crippen LogP contribution in [0.4, 0.5) is 0 Å². The van der Waals surface area contributed by atoms with Gasteiger partial charge in [0, 0.05) is 26.3 Å². The first-order valence-corrected chi connectivity index (χ1v) is 7.76. The molecule has 0 aliphatic carbocycles. The summed E-state index contributed by atoms with van der Waals surface area (Å²) in [6.45, 7) is 1.04. The molecule has 1 N–H and O–H groups in total. The number of carbonyl (C=O) groups is 1. The van der Waals surface area contributed by atoms with Crippen molar-refractivity contribution in [2.24, 2.45) is 0 Å². The number of sulfonamides is 1. The van der Waals surface area contributed by atoms with Crippen molar-refractivity contribution in [1.82, 2.24) is 4.31 Å². The van der Waals surface area contributed by atoms with Gasteiger partial charge in [-0.05, 0) is 25.0 Å². The molecule has 0 radical (unpaired) electrons. The van der Waals surface area contributed by atoms with Crippen molar-refractivity contribution in [3.8, 4) is 0 Å². The zero-order valence-corrected chi connectivity index (χ0v) is 12.0. The van der Waals surface area contributed by atoms with E-state index in [9.17, 15) is 13.2 Å². The highest BCUT2D eigenvalue weighted by Gasteiger charge is 2.31. The molecule has 0 bridgehead atoms. The van der Waals surface area contributed by atoms with E-state index in [0.717, 1.165) is 0 Å². The maximum Gasteiger partial charge on any atom is 0.337 e. The Morgan fingerprint density at radius 1 is 1.30 bits per heavy atom. The molecule has 7 heteroatoms. The summed E-state index contributed by atoms with van der Waals surface area (Å²) < 4.78 is 31.6. The summed E-state index contributed by atoms with van der Waals surface area (Å²) in [5.41, 5.74) is -0.202. The Kier molecular flexibility index (Phi) is 4.42. The lowest BCUT2D eigenvalue weighted by Gasteiger charge is -2.30. The summed E-state index contributed by atoms with van der Waals surface area (Å²) in [7, 11) is -2.33. The van der Waals surface area contributed by atoms with Crippen LogP contribution in [0.3, 0.4) is 0 Å². The first kappa shape index (κ1) is 15.0. The lowest BCUT2D eigenvalue weighted by molar-refractivity contribution is 0.0629. The van der Waals surface area contributed by atoms with Crippen molar-refractivity contribution < 1.29 is 23.1 Å². The molecular formula is C13H17NO5S. The lowest BCUT2D eigenvalue weighted by Crippen LogP contribution is -2.41. The Morgan fingerprint density at radius 2 is 1.90 bits per heavy atom. The maximum absolute atomic E-state index is 12.6. The highest BCUT2D eigenvalue weighted by molar-refractivity contribution is 7.89. The van der Waals surface area contributed by atoms with Crippen molar-refractivity contribution in [3.05, 3.63) is 29.8 Å². The summed E-state index contributed by atoms with van der Waals surface area (Å²) in [6.07, 6.45) is 1.23. The predicted octanol–water partition coefficient (Wildman–Crippen LogP) is 1.18. The van der Waals surface area contributed by atoms with Crippen molar-refractivity contribution in [2.75, 3.05) is 20.3 Å². The third kappa shape index (κ3) is 2.84. The molecule has 6 nitrogen and oxygen atoms in total. The minimum atomic E-state index is -3.82. The molecule has 0 spiro atoms. The second-order valence-electron chi connectivity index (χ2n) is 4.67. The quantitative estimate of drug-likeness (QED) is 0.902. The van der Waals surface area contributed by atoms with Crippen LogP contribution in [-0.2, 0) is 14.8 Å². The van der Waals surface area contributed by atoms with Gasteiger partial charge in [0.15, 0.2) is 0 Å². The summed E-state index contributed by atoms with van der Waals surface area (Å²) in [5, 5.41) is 9.12. The van der Waals surface area contributed by atoms with E-state index >= 15 is 0 Å². The number of ether oxygens (including phenoxy) is 1. The SMILES string of the molecule is CN(C1CCOCC1)S(=O)(=O)c1ccccc1C(=O)O. The molecule has 1 aromatic carbocycles. The zero-order valence-electron chi connectivity index (χ0n) is 11.2. The Labute approximate surface area is 118 Å². The molecular weight excluding hydrogens is 282 g/mol. The number of hydrogen-bond acceptors (Lipinski definition) is 4. The minimum absolute atomic E-state index is 0.157. The molecule has 0 saturated carbocycles. The molecule has 1 aliphatic heterocycles. The zero-order chi connectivity index (χ0) is 14.8. The second kappa shape index (κ2) is 5.90. The Balaban J connectivity index is 2.37. The van der Waals surface area contributed by atoms with E-state index in [-0.39, 0.29) is 16.5 Å². The number of benzene rings is 1. The van der Waals surface area contributed by atoms with Gasteiger partial charge in [0.05, 0.1) is 10.5 Å². The fourth-order valence-electron chi connectivity index (χ4n) is 2.27. The standard InChI is InChI=1S/C13H17NO5S/c1-14(10-6-8-19-9-7-10)20(17,18)12-5-3-2-4-11(12)13(15)16/h2-5,10H,6-9H2,1H3,(H,15,16). The van der Waals surface area contributed by atoms with Crippen LogP contribution in [0.2, 0.25) is 0 Å². The van der Waals surface area contributed by atoms with Crippen LogP contribution >= 0.6 is 0 Å². The molecule has 0 amide bonds. The van der Waals surface area contributed by atoms with Crippen molar-refractivity contribution >= 4 is 16.0 Å². The highest BCUT2D eigenvalue weighted by Crippen LogP contribution is 2.24. The van der Waals surface area contributed by atoms with Gasteiger partial charge in [-0.2, -0.15) is 4.31 Å². The molecule has 1 heterocycles. The first-order chi connectivity index (χ1) is 9.44. The van der Waals surface area contributed by atoms with E-state index in [1.807, 2.05) is 0 Å². The van der Waals surface area contributed by atoms with Gasteiger partial charge in [-0.25, -0.2) is 13.2 Å². The van der Waals surface area contributed by atoms with Crippen molar-refractivity contribution in [2.45, 2.75) is 23.8 Å². The smallest absolute Gasteiger partial charge is 0.337 e. The Morgan fingerprint density at radius 3 is 2.50 bits per heavy atom. The number of hydrogen-bond donors (Lipinski definition) is 1. The van der Waals surface area contributed by atoms with E-state index in [1.54, 1.807) is 0 Å². The molecule has 2 rings (SSSR count). The van der Waals surface area contributed by atoms with Gasteiger partial charge in [-0.15, -0.1) is 0 Å². The third-order valence-corrected chi connectivity index (χ3v) is 5.45. The van der Waals surface area contributed by atoms with Gasteiger partial charge >= 0.3 is 5.97 Å². The van der Waals surface area contributed by atoms with Gasteiger partial charge in [0.2, 0.25) is 10.0 Å². The number of rotatable bonds is 4. The molecule has 0 atom stereocenters. The van der Waals surface area contributed by atoms with Gasteiger partial charge in [0.25, 0.3) is 0 Å². The molecule has 1 aliphatic rings. The molecule has 1 saturated heterocycles. The van der Waals surface area contributed by atoms with Crippen LogP contribution < -0.4 is 0 Å². The van der Waals surface area contributed by atoms with Gasteiger partial charge in [0.1, 0.15) is 0 Å². The molecule has 1 aromatic rings. The van der Waals surface area contributed by atoms with Crippen LogP contribution in [0.15, 0.2) is 29.2 Å². The molecule has 20 heavy (non-hydrogen) atoms. The average molecular weight is 299 g/mol. The Hall–Kier alpha value is -1.44. The maximum atomic E-state index is 12.6. The normalized spacial score (nSPS) is 17.3. The first-order valence-electron chi connectivity index (χ1n) is 6.32. The van der Waals surface area contributed by atoms with Crippen LogP contribution in [-0.4, -0.2) is 50.1 Å². The summed E-state index contributed by atoms with van der Waals surface area (Å²) in [5.74, 6) is -1.25. The van der Waals surface area contributed by atoms with Crippen LogP contribution in [0.1, 0.15) is 23.2 Å². The number of carboxylic acid groups (broad SMARTS) is 1. The predicted molar refractivity (Wildman–Crippen MR) is 72.2 cm³/mol. The van der Waals surface area contributed by atoms with E-state index in [4.69, 9.17) is 9.84 Å². The van der Waals surface area contributed by atoms with E-state index < -0.39 is 16.0 Å². The highest BCUT2D eigenvalue weighted by atomic mass is 32.2. The van der Waals surface area contributed by atoms with Crippen LogP contribution in [0.25, 0.3) is 0 Å². The largest absolute Gasteiger partial charge is 0.478 e. The van der Waals surface area contributed by atoms with Crippen LogP contribution in [0.5, 0.6) is 0 Å². The lowest BCUT2D eigenvalue weighted by atomic mass is 10.1. The number of carboxylic acids is 1. The topological polar surface area (TPSA) is 83.9 Å². The van der Waals surface area contributed by atoms with E-state index in [0.29, 0.717) is 26.1 Å². The van der Waals surface area contributed by atoms with Crippen molar-refractivity contribution in [3.63, 3.8) is 0 Å². The van der Waals surface area contributed by atoms with Gasteiger partial charge in [-0.3, -0.25) is 0 Å². The number of nitrogens with zero attached hydrogens (tertiary/aromatic N) is 1. The van der Waals surface area contributed by atoms with Crippen molar-refractivity contribution in [1.29, 1.82) is 0 Å². The third-order valence-electron chi connectivity index (χ3n) is 3.48. The fourth-order valence-corrected chi connectivity index (χ4v) is 3.87. The molecule has 0 aromatic heterocycles.